The van der Waals surface area contributed by atoms with E-state index in [1.165, 1.54) is 4.68 Å². The zero-order chi connectivity index (χ0) is 31.9. The van der Waals surface area contributed by atoms with Gasteiger partial charge < -0.3 is 24.2 Å². The number of piperidine rings is 1. The van der Waals surface area contributed by atoms with Gasteiger partial charge in [0.15, 0.2) is 11.9 Å². The van der Waals surface area contributed by atoms with Crippen LogP contribution < -0.4 is 5.32 Å². The molecule has 2 aliphatic heterocycles. The van der Waals surface area contributed by atoms with Crippen LogP contribution in [-0.2, 0) is 15.7 Å². The molecule has 0 spiro atoms. The van der Waals surface area contributed by atoms with Crippen molar-refractivity contribution in [2.45, 2.75) is 83.8 Å². The lowest BCUT2D eigenvalue weighted by Crippen LogP contribution is -2.47. The Hall–Kier alpha value is -4.34. The number of fused-ring (bicyclic) bond motifs is 1. The third kappa shape index (κ3) is 6.70. The zero-order valence-corrected chi connectivity index (χ0v) is 25.4. The van der Waals surface area contributed by atoms with Crippen LogP contribution in [-0.4, -0.2) is 77.2 Å². The van der Waals surface area contributed by atoms with Crippen molar-refractivity contribution in [3.63, 3.8) is 0 Å². The second kappa shape index (κ2) is 11.9. The molecule has 13 nitrogen and oxygen atoms in total. The molecule has 1 unspecified atom stereocenters. The molecule has 0 aromatic carbocycles. The van der Waals surface area contributed by atoms with Crippen molar-refractivity contribution in [2.24, 2.45) is 0 Å². The number of anilines is 1. The molecule has 2 saturated heterocycles. The molecule has 4 aromatic rings. The highest BCUT2D eigenvalue weighted by Gasteiger charge is 2.38. The van der Waals surface area contributed by atoms with Crippen molar-refractivity contribution >= 4 is 23.1 Å². The quantitative estimate of drug-likeness (QED) is 0.287. The molecule has 0 saturated carbocycles. The Kier molecular flexibility index (Phi) is 8.09. The number of ether oxygens (including phenoxy) is 2. The van der Waals surface area contributed by atoms with E-state index >= 15 is 0 Å². The van der Waals surface area contributed by atoms with Crippen molar-refractivity contribution < 1.29 is 32.0 Å². The molecule has 6 heterocycles. The second-order valence-electron chi connectivity index (χ2n) is 12.2. The Balaban J connectivity index is 1.39. The largest absolute Gasteiger partial charge is 0.444 e. The molecule has 2 fully saturated rings. The number of nitrogens with one attached hydrogen (secondary N) is 1. The van der Waals surface area contributed by atoms with Crippen molar-refractivity contribution in [1.29, 1.82) is 0 Å². The van der Waals surface area contributed by atoms with E-state index in [1.54, 1.807) is 44.7 Å². The summed E-state index contributed by atoms with van der Waals surface area (Å²) < 4.78 is 61.2. The summed E-state index contributed by atoms with van der Waals surface area (Å²) in [6.45, 7) is 8.30. The maximum absolute atomic E-state index is 14.4. The van der Waals surface area contributed by atoms with Gasteiger partial charge in [0.2, 0.25) is 17.7 Å². The Labute approximate surface area is 256 Å². The van der Waals surface area contributed by atoms with Crippen molar-refractivity contribution in [1.82, 2.24) is 39.8 Å². The number of carbonyl (C=O) groups excluding carboxylic acids is 1. The predicted molar refractivity (Wildman–Crippen MR) is 155 cm³/mol. The van der Waals surface area contributed by atoms with Gasteiger partial charge in [-0.15, -0.1) is 0 Å². The van der Waals surface area contributed by atoms with E-state index in [4.69, 9.17) is 14.0 Å². The van der Waals surface area contributed by atoms with E-state index in [0.29, 0.717) is 55.0 Å². The van der Waals surface area contributed by atoms with Crippen molar-refractivity contribution in [3.8, 4) is 22.9 Å². The molecule has 1 amide bonds. The summed E-state index contributed by atoms with van der Waals surface area (Å²) in [6, 6.07) is 2.92. The van der Waals surface area contributed by atoms with E-state index in [9.17, 15) is 18.0 Å². The van der Waals surface area contributed by atoms with E-state index < -0.39 is 35.4 Å². The van der Waals surface area contributed by atoms with Crippen LogP contribution in [0, 0.1) is 6.92 Å². The summed E-state index contributed by atoms with van der Waals surface area (Å²) in [6.07, 6.45) is -1.30. The van der Waals surface area contributed by atoms with E-state index in [-0.39, 0.29) is 30.1 Å². The molecule has 0 radical (unpaired) electrons. The number of aryl methyl sites for hydroxylation is 1. The van der Waals surface area contributed by atoms with E-state index in [1.807, 2.05) is 0 Å². The SMILES string of the molecule is Cc1nc(-c2ccc3c(-c4nc(N[C@H]5CCCN(C(=O)OC(C)(C)C)C5)ncc4C(F)(F)F)nn(C4CCCCO4)c3n2)no1. The van der Waals surface area contributed by atoms with Gasteiger partial charge in [-0.1, -0.05) is 5.16 Å². The number of hydrogen-bond acceptors (Lipinski definition) is 11. The van der Waals surface area contributed by atoms with Crippen LogP contribution in [0.2, 0.25) is 0 Å². The van der Waals surface area contributed by atoms with Crippen LogP contribution in [0.5, 0.6) is 0 Å². The Morgan fingerprint density at radius 3 is 2.58 bits per heavy atom. The van der Waals surface area contributed by atoms with Gasteiger partial charge in [0.05, 0.1) is 0 Å². The summed E-state index contributed by atoms with van der Waals surface area (Å²) in [5.41, 5.74) is -1.43. The van der Waals surface area contributed by atoms with Gasteiger partial charge in [0, 0.05) is 44.2 Å². The molecule has 0 bridgehead atoms. The minimum atomic E-state index is -4.76. The summed E-state index contributed by atoms with van der Waals surface area (Å²) in [5, 5.41) is 12.0. The number of pyridine rings is 1. The van der Waals surface area contributed by atoms with Crippen LogP contribution in [0.4, 0.5) is 23.9 Å². The molecule has 4 aromatic heterocycles. The lowest BCUT2D eigenvalue weighted by Gasteiger charge is -2.34. The number of hydrogen-bond donors (Lipinski definition) is 1. The average Bonchev–Trinajstić information content (AvgIpc) is 3.60. The lowest BCUT2D eigenvalue weighted by atomic mass is 10.1. The summed E-state index contributed by atoms with van der Waals surface area (Å²) in [7, 11) is 0. The average molecular weight is 630 g/mol. The van der Waals surface area contributed by atoms with Gasteiger partial charge in [-0.25, -0.2) is 24.4 Å². The third-order valence-electron chi connectivity index (χ3n) is 7.46. The Morgan fingerprint density at radius 2 is 1.89 bits per heavy atom. The molecule has 240 valence electrons. The summed E-state index contributed by atoms with van der Waals surface area (Å²) in [5.74, 6) is 0.572. The fraction of sp³-hybridized carbons (Fsp3) is 0.552. The summed E-state index contributed by atoms with van der Waals surface area (Å²) >= 11 is 0. The number of amides is 1. The van der Waals surface area contributed by atoms with Crippen LogP contribution in [0.1, 0.15) is 70.6 Å². The second-order valence-corrected chi connectivity index (χ2v) is 12.2. The molecule has 16 heteroatoms. The third-order valence-corrected chi connectivity index (χ3v) is 7.46. The van der Waals surface area contributed by atoms with E-state index in [2.05, 4.69) is 35.5 Å². The number of aromatic nitrogens is 7. The van der Waals surface area contributed by atoms with E-state index in [0.717, 1.165) is 19.0 Å². The highest BCUT2D eigenvalue weighted by molar-refractivity contribution is 5.92. The number of rotatable bonds is 5. The first-order chi connectivity index (χ1) is 21.4. The molecule has 0 aliphatic carbocycles. The van der Waals surface area contributed by atoms with Gasteiger partial charge in [-0.05, 0) is 65.0 Å². The van der Waals surface area contributed by atoms with Crippen LogP contribution in [0.3, 0.4) is 0 Å². The smallest absolute Gasteiger partial charge is 0.420 e. The van der Waals surface area contributed by atoms with Gasteiger partial charge in [0.1, 0.15) is 28.2 Å². The van der Waals surface area contributed by atoms with Crippen LogP contribution >= 0.6 is 0 Å². The maximum atomic E-state index is 14.4. The monoisotopic (exact) mass is 629 g/mol. The number of likely N-dealkylation sites (tertiary alicyclic amines) is 1. The van der Waals surface area contributed by atoms with Gasteiger partial charge in [-0.2, -0.15) is 23.3 Å². The maximum Gasteiger partial charge on any atom is 0.420 e. The van der Waals surface area contributed by atoms with Crippen LogP contribution in [0.15, 0.2) is 22.9 Å². The lowest BCUT2D eigenvalue weighted by molar-refractivity contribution is -0.137. The number of halogens is 3. The first-order valence-corrected chi connectivity index (χ1v) is 14.9. The van der Waals surface area contributed by atoms with Gasteiger partial charge >= 0.3 is 12.3 Å². The normalized spacial score (nSPS) is 19.6. The van der Waals surface area contributed by atoms with Gasteiger partial charge in [-0.3, -0.25) is 0 Å². The minimum Gasteiger partial charge on any atom is -0.444 e. The highest BCUT2D eigenvalue weighted by atomic mass is 19.4. The molecular weight excluding hydrogens is 595 g/mol. The fourth-order valence-electron chi connectivity index (χ4n) is 5.45. The summed E-state index contributed by atoms with van der Waals surface area (Å²) in [4.78, 5) is 31.5. The standard InChI is InChI=1S/C29H34F3N9O4/c1-16-34-24(39-45-16)20-11-10-18-22(38-41(25(18)36-20)21-9-5-6-13-43-21)23-19(29(30,31)32)14-33-26(37-23)35-17-8-7-12-40(15-17)27(42)44-28(2,3)4/h10-11,14,17,21H,5-9,12-13,15H2,1-4H3,(H,33,35,37)/t17-,21?/m0/s1. The van der Waals surface area contributed by atoms with Crippen molar-refractivity contribution in [2.75, 3.05) is 25.0 Å². The molecule has 2 aliphatic rings. The molecular formula is C29H34F3N9O4. The fourth-order valence-corrected chi connectivity index (χ4v) is 5.45. The molecule has 1 N–H and O–H groups in total. The van der Waals surface area contributed by atoms with Crippen molar-refractivity contribution in [3.05, 3.63) is 29.8 Å². The highest BCUT2D eigenvalue weighted by Crippen LogP contribution is 2.39. The topological polar surface area (TPSA) is 146 Å². The predicted octanol–water partition coefficient (Wildman–Crippen LogP) is 5.78. The van der Waals surface area contributed by atoms with Gasteiger partial charge in [0.25, 0.3) is 0 Å². The first kappa shape index (κ1) is 30.7. The molecule has 6 rings (SSSR count). The Morgan fingerprint density at radius 1 is 1.07 bits per heavy atom. The number of nitrogens with zero attached hydrogens (tertiary/aromatic N) is 8. The Bertz CT molecular complexity index is 1690. The number of alkyl halides is 3. The first-order valence-electron chi connectivity index (χ1n) is 14.9. The minimum absolute atomic E-state index is 0.0145. The number of carbonyl (C=O) groups is 1. The zero-order valence-electron chi connectivity index (χ0n) is 25.4. The molecule has 45 heavy (non-hydrogen) atoms. The van der Waals surface area contributed by atoms with Crippen LogP contribution in [0.25, 0.3) is 33.9 Å². The molecule has 2 atom stereocenters.